The second-order valence-corrected chi connectivity index (χ2v) is 7.01. The van der Waals surface area contributed by atoms with Gasteiger partial charge in [0.2, 0.25) is 0 Å². The van der Waals surface area contributed by atoms with E-state index in [1.54, 1.807) is 23.5 Å². The van der Waals surface area contributed by atoms with Crippen LogP contribution >= 0.6 is 52.1 Å². The third-order valence-electron chi connectivity index (χ3n) is 3.81. The number of thiophene rings is 1. The molecule has 1 aromatic heterocycles. The molecular weight excluding hydrogens is 437 g/mol. The molecule has 5 nitrogen and oxygen atoms in total. The molecule has 0 amide bonds. The highest BCUT2D eigenvalue weighted by atomic mass is 79.9. The van der Waals surface area contributed by atoms with Crippen LogP contribution in [-0.4, -0.2) is 36.0 Å². The average molecular weight is 455 g/mol. The molecule has 24 heavy (non-hydrogen) atoms. The van der Waals surface area contributed by atoms with Crippen molar-refractivity contribution in [2.75, 3.05) is 26.2 Å². The van der Waals surface area contributed by atoms with Crippen LogP contribution in [0.3, 0.4) is 0 Å². The summed E-state index contributed by atoms with van der Waals surface area (Å²) in [5, 5.41) is 16.6. The van der Waals surface area contributed by atoms with Crippen molar-refractivity contribution < 1.29 is 4.92 Å². The molecule has 1 fully saturated rings. The van der Waals surface area contributed by atoms with Crippen molar-refractivity contribution in [1.82, 2.24) is 10.2 Å². The number of nitrogens with one attached hydrogen (secondary N) is 1. The Bertz CT molecular complexity index is 667. The van der Waals surface area contributed by atoms with Crippen molar-refractivity contribution in [1.29, 1.82) is 0 Å². The molecule has 1 aliphatic rings. The maximum Gasteiger partial charge on any atom is 0.283 e. The Morgan fingerprint density at radius 2 is 1.96 bits per heavy atom. The minimum absolute atomic E-state index is 0. The summed E-state index contributed by atoms with van der Waals surface area (Å²) >= 11 is 4.96. The van der Waals surface area contributed by atoms with Gasteiger partial charge in [0.05, 0.1) is 15.4 Å². The second kappa shape index (κ2) is 9.70. The first-order valence-electron chi connectivity index (χ1n) is 7.09. The standard InChI is InChI=1S/C15H16BrN3O2S.2ClH/c16-12-4-3-11(10-13(12)19(20)21)15(14-2-1-9-22-14)18-7-5-17-6-8-18;;/h1-4,9-10,15,17H,5-8H2;2*1H/t15-;;/m1../s1. The van der Waals surface area contributed by atoms with Gasteiger partial charge in [-0.2, -0.15) is 0 Å². The van der Waals surface area contributed by atoms with Gasteiger partial charge in [-0.15, -0.1) is 36.2 Å². The summed E-state index contributed by atoms with van der Waals surface area (Å²) in [4.78, 5) is 14.5. The maximum atomic E-state index is 11.2. The Kier molecular flexibility index (Phi) is 8.62. The normalized spacial score (nSPS) is 15.9. The molecular formula is C15H18BrCl2N3O2S. The SMILES string of the molecule is Cl.Cl.O=[N+]([O-])c1cc([C@H](c2cccs2)N2CCNCC2)ccc1Br. The van der Waals surface area contributed by atoms with Crippen LogP contribution in [0.25, 0.3) is 0 Å². The monoisotopic (exact) mass is 453 g/mol. The highest BCUT2D eigenvalue weighted by molar-refractivity contribution is 9.10. The van der Waals surface area contributed by atoms with E-state index in [4.69, 9.17) is 0 Å². The molecule has 9 heteroatoms. The Morgan fingerprint density at radius 3 is 2.54 bits per heavy atom. The average Bonchev–Trinajstić information content (AvgIpc) is 3.04. The van der Waals surface area contributed by atoms with Gasteiger partial charge in [-0.05, 0) is 39.0 Å². The number of halogens is 3. The number of benzene rings is 1. The molecule has 0 aliphatic carbocycles. The van der Waals surface area contributed by atoms with Crippen molar-refractivity contribution in [2.24, 2.45) is 0 Å². The van der Waals surface area contributed by atoms with Gasteiger partial charge in [0, 0.05) is 37.1 Å². The number of piperazine rings is 1. The van der Waals surface area contributed by atoms with Gasteiger partial charge in [-0.25, -0.2) is 0 Å². The van der Waals surface area contributed by atoms with Crippen molar-refractivity contribution >= 4 is 57.8 Å². The first kappa shape index (κ1) is 21.3. The number of rotatable bonds is 4. The molecule has 0 saturated carbocycles. The highest BCUT2D eigenvalue weighted by Gasteiger charge is 2.26. The van der Waals surface area contributed by atoms with E-state index in [0.717, 1.165) is 31.7 Å². The first-order valence-corrected chi connectivity index (χ1v) is 8.76. The van der Waals surface area contributed by atoms with Crippen molar-refractivity contribution in [3.05, 3.63) is 60.7 Å². The topological polar surface area (TPSA) is 58.4 Å². The summed E-state index contributed by atoms with van der Waals surface area (Å²) in [7, 11) is 0. The van der Waals surface area contributed by atoms with Gasteiger partial charge in [0.1, 0.15) is 0 Å². The Labute approximate surface area is 165 Å². The van der Waals surface area contributed by atoms with Gasteiger partial charge in [0.15, 0.2) is 0 Å². The van der Waals surface area contributed by atoms with Gasteiger partial charge >= 0.3 is 0 Å². The van der Waals surface area contributed by atoms with E-state index < -0.39 is 0 Å². The molecule has 1 N–H and O–H groups in total. The van der Waals surface area contributed by atoms with Gasteiger partial charge in [-0.1, -0.05) is 12.1 Å². The summed E-state index contributed by atoms with van der Waals surface area (Å²) in [5.74, 6) is 0. The molecule has 132 valence electrons. The fraction of sp³-hybridized carbons (Fsp3) is 0.333. The Morgan fingerprint density at radius 1 is 1.25 bits per heavy atom. The van der Waals surface area contributed by atoms with E-state index in [1.165, 1.54) is 4.88 Å². The van der Waals surface area contributed by atoms with Gasteiger partial charge in [0.25, 0.3) is 5.69 Å². The van der Waals surface area contributed by atoms with E-state index in [2.05, 4.69) is 37.6 Å². The predicted molar refractivity (Wildman–Crippen MR) is 106 cm³/mol. The zero-order chi connectivity index (χ0) is 15.5. The summed E-state index contributed by atoms with van der Waals surface area (Å²) in [6.45, 7) is 3.76. The Balaban J connectivity index is 0.00000144. The molecule has 0 unspecified atom stereocenters. The zero-order valence-corrected chi connectivity index (χ0v) is 16.7. The summed E-state index contributed by atoms with van der Waals surface area (Å²) in [6, 6.07) is 9.65. The lowest BCUT2D eigenvalue weighted by atomic mass is 10.0. The predicted octanol–water partition coefficient (Wildman–Crippen LogP) is 4.26. The van der Waals surface area contributed by atoms with Crippen LogP contribution in [0, 0.1) is 10.1 Å². The van der Waals surface area contributed by atoms with Crippen LogP contribution in [0.2, 0.25) is 0 Å². The lowest BCUT2D eigenvalue weighted by Crippen LogP contribution is -2.45. The minimum atomic E-state index is -0.336. The van der Waals surface area contributed by atoms with Crippen molar-refractivity contribution in [3.8, 4) is 0 Å². The second-order valence-electron chi connectivity index (χ2n) is 5.17. The quantitative estimate of drug-likeness (QED) is 0.553. The van der Waals surface area contributed by atoms with Gasteiger partial charge in [-0.3, -0.25) is 15.0 Å². The van der Waals surface area contributed by atoms with E-state index in [1.807, 2.05) is 12.1 Å². The summed E-state index contributed by atoms with van der Waals surface area (Å²) in [6.07, 6.45) is 0. The number of nitrogens with zero attached hydrogens (tertiary/aromatic N) is 2. The van der Waals surface area contributed by atoms with Crippen molar-refractivity contribution in [3.63, 3.8) is 0 Å². The molecule has 2 aromatic rings. The number of nitro groups is 1. The molecule has 1 atom stereocenters. The van der Waals surface area contributed by atoms with Crippen molar-refractivity contribution in [2.45, 2.75) is 6.04 Å². The molecule has 0 spiro atoms. The maximum absolute atomic E-state index is 11.2. The molecule has 1 aliphatic heterocycles. The largest absolute Gasteiger partial charge is 0.314 e. The third kappa shape index (κ3) is 4.68. The van der Waals surface area contributed by atoms with E-state index in [-0.39, 0.29) is 41.5 Å². The molecule has 0 bridgehead atoms. The molecule has 3 rings (SSSR count). The molecule has 1 aromatic carbocycles. The lowest BCUT2D eigenvalue weighted by Gasteiger charge is -2.34. The molecule has 0 radical (unpaired) electrons. The Hall–Kier alpha value is -0.700. The molecule has 2 heterocycles. The van der Waals surface area contributed by atoms with Crippen LogP contribution in [-0.2, 0) is 0 Å². The summed E-state index contributed by atoms with van der Waals surface area (Å²) in [5.41, 5.74) is 1.09. The smallest absolute Gasteiger partial charge is 0.283 e. The number of hydrogen-bond donors (Lipinski definition) is 1. The van der Waals surface area contributed by atoms with Crippen LogP contribution in [0.1, 0.15) is 16.5 Å². The fourth-order valence-electron chi connectivity index (χ4n) is 2.78. The van der Waals surface area contributed by atoms with E-state index in [9.17, 15) is 10.1 Å². The number of hydrogen-bond acceptors (Lipinski definition) is 5. The lowest BCUT2D eigenvalue weighted by molar-refractivity contribution is -0.385. The summed E-state index contributed by atoms with van der Waals surface area (Å²) < 4.78 is 0.520. The van der Waals surface area contributed by atoms with Crippen LogP contribution in [0.4, 0.5) is 5.69 Å². The van der Waals surface area contributed by atoms with Crippen LogP contribution in [0.15, 0.2) is 40.2 Å². The van der Waals surface area contributed by atoms with Crippen LogP contribution < -0.4 is 5.32 Å². The van der Waals surface area contributed by atoms with E-state index >= 15 is 0 Å². The highest BCUT2D eigenvalue weighted by Crippen LogP contribution is 2.35. The van der Waals surface area contributed by atoms with Gasteiger partial charge < -0.3 is 5.32 Å². The number of nitro benzene ring substituents is 1. The molecule has 1 saturated heterocycles. The van der Waals surface area contributed by atoms with E-state index in [0.29, 0.717) is 4.47 Å². The first-order chi connectivity index (χ1) is 10.7. The fourth-order valence-corrected chi connectivity index (χ4v) is 4.06. The zero-order valence-electron chi connectivity index (χ0n) is 12.7. The van der Waals surface area contributed by atoms with Crippen LogP contribution in [0.5, 0.6) is 0 Å². The third-order valence-corrected chi connectivity index (χ3v) is 5.41. The minimum Gasteiger partial charge on any atom is -0.314 e.